The summed E-state index contributed by atoms with van der Waals surface area (Å²) < 4.78 is 10.6. The quantitative estimate of drug-likeness (QED) is 0.583. The highest BCUT2D eigenvalue weighted by Gasteiger charge is 2.13. The first-order valence-electron chi connectivity index (χ1n) is 8.35. The van der Waals surface area contributed by atoms with E-state index in [1.807, 2.05) is 31.2 Å². The van der Waals surface area contributed by atoms with Crippen LogP contribution >= 0.6 is 0 Å². The van der Waals surface area contributed by atoms with Crippen LogP contribution < -0.4 is 10.1 Å². The number of anilines is 1. The molecule has 2 rings (SSSR count). The summed E-state index contributed by atoms with van der Waals surface area (Å²) in [6, 6.07) is 14.6. The Morgan fingerprint density at radius 1 is 1.04 bits per heavy atom. The summed E-state index contributed by atoms with van der Waals surface area (Å²) in [5, 5.41) is 2.76. The van der Waals surface area contributed by atoms with Gasteiger partial charge in [-0.2, -0.15) is 0 Å². The number of hydrogen-bond donors (Lipinski definition) is 1. The van der Waals surface area contributed by atoms with Gasteiger partial charge >= 0.3 is 5.97 Å². The van der Waals surface area contributed by atoms with Crippen molar-refractivity contribution in [3.8, 4) is 5.75 Å². The SMILES string of the molecule is CCOC(=O)c1ccccc1NC(=O)CCCOc1ccc(C)cc1. The van der Waals surface area contributed by atoms with Crippen molar-refractivity contribution >= 4 is 17.6 Å². The fraction of sp³-hybridized carbons (Fsp3) is 0.300. The van der Waals surface area contributed by atoms with Crippen molar-refractivity contribution in [3.05, 3.63) is 59.7 Å². The first-order chi connectivity index (χ1) is 12.1. The van der Waals surface area contributed by atoms with Crippen molar-refractivity contribution in [1.82, 2.24) is 0 Å². The number of rotatable bonds is 8. The topological polar surface area (TPSA) is 64.6 Å². The number of nitrogens with one attached hydrogen (secondary N) is 1. The second-order valence-corrected chi connectivity index (χ2v) is 5.58. The van der Waals surface area contributed by atoms with E-state index in [4.69, 9.17) is 9.47 Å². The molecule has 0 saturated carbocycles. The van der Waals surface area contributed by atoms with E-state index in [1.165, 1.54) is 5.56 Å². The van der Waals surface area contributed by atoms with Crippen molar-refractivity contribution in [1.29, 1.82) is 0 Å². The van der Waals surface area contributed by atoms with E-state index in [-0.39, 0.29) is 12.5 Å². The normalized spacial score (nSPS) is 10.2. The summed E-state index contributed by atoms with van der Waals surface area (Å²) in [6.07, 6.45) is 0.893. The highest BCUT2D eigenvalue weighted by Crippen LogP contribution is 2.17. The molecule has 25 heavy (non-hydrogen) atoms. The van der Waals surface area contributed by atoms with Crippen molar-refractivity contribution in [2.24, 2.45) is 0 Å². The Labute approximate surface area is 148 Å². The molecule has 0 fully saturated rings. The standard InChI is InChI=1S/C20H23NO4/c1-3-24-20(23)17-7-4-5-8-18(17)21-19(22)9-6-14-25-16-12-10-15(2)11-13-16/h4-5,7-8,10-13H,3,6,9,14H2,1-2H3,(H,21,22). The van der Waals surface area contributed by atoms with Crippen LogP contribution in [0.25, 0.3) is 0 Å². The lowest BCUT2D eigenvalue weighted by Crippen LogP contribution is -2.16. The Morgan fingerprint density at radius 2 is 1.76 bits per heavy atom. The summed E-state index contributed by atoms with van der Waals surface area (Å²) >= 11 is 0. The van der Waals surface area contributed by atoms with Gasteiger partial charge in [-0.25, -0.2) is 4.79 Å². The molecule has 1 N–H and O–H groups in total. The summed E-state index contributed by atoms with van der Waals surface area (Å²) in [5.41, 5.74) is 1.99. The van der Waals surface area contributed by atoms with Gasteiger partial charge in [-0.15, -0.1) is 0 Å². The van der Waals surface area contributed by atoms with E-state index >= 15 is 0 Å². The van der Waals surface area contributed by atoms with Crippen molar-refractivity contribution in [2.75, 3.05) is 18.5 Å². The van der Waals surface area contributed by atoms with Gasteiger partial charge < -0.3 is 14.8 Å². The van der Waals surface area contributed by atoms with Crippen LogP contribution in [0.15, 0.2) is 48.5 Å². The van der Waals surface area contributed by atoms with E-state index in [2.05, 4.69) is 5.32 Å². The molecule has 0 bridgehead atoms. The Balaban J connectivity index is 1.80. The van der Waals surface area contributed by atoms with Gasteiger partial charge in [-0.1, -0.05) is 29.8 Å². The molecule has 2 aromatic rings. The molecule has 132 valence electrons. The number of ether oxygens (including phenoxy) is 2. The first-order valence-corrected chi connectivity index (χ1v) is 8.35. The van der Waals surface area contributed by atoms with Crippen LogP contribution in [-0.4, -0.2) is 25.1 Å². The molecule has 0 heterocycles. The number of amides is 1. The largest absolute Gasteiger partial charge is 0.494 e. The van der Waals surface area contributed by atoms with Crippen LogP contribution in [0.4, 0.5) is 5.69 Å². The molecular formula is C20H23NO4. The first kappa shape index (κ1) is 18.5. The van der Waals surface area contributed by atoms with E-state index in [1.54, 1.807) is 31.2 Å². The summed E-state index contributed by atoms with van der Waals surface area (Å²) in [4.78, 5) is 24.0. The molecule has 0 unspecified atom stereocenters. The highest BCUT2D eigenvalue weighted by atomic mass is 16.5. The van der Waals surface area contributed by atoms with Gasteiger partial charge in [0.15, 0.2) is 0 Å². The van der Waals surface area contributed by atoms with Crippen LogP contribution in [0.3, 0.4) is 0 Å². The van der Waals surface area contributed by atoms with Crippen molar-refractivity contribution in [2.45, 2.75) is 26.7 Å². The number of hydrogen-bond acceptors (Lipinski definition) is 4. The third-order valence-corrected chi connectivity index (χ3v) is 3.53. The number of aryl methyl sites for hydroxylation is 1. The molecule has 0 aliphatic carbocycles. The van der Waals surface area contributed by atoms with Gasteiger partial charge in [0.2, 0.25) is 5.91 Å². The van der Waals surface area contributed by atoms with Gasteiger partial charge in [0.05, 0.1) is 24.5 Å². The third kappa shape index (κ3) is 5.95. The summed E-state index contributed by atoms with van der Waals surface area (Å²) in [6.45, 7) is 4.50. The van der Waals surface area contributed by atoms with Gasteiger partial charge in [0.25, 0.3) is 0 Å². The van der Waals surface area contributed by atoms with Gasteiger partial charge in [0, 0.05) is 6.42 Å². The smallest absolute Gasteiger partial charge is 0.340 e. The Kier molecular flexibility index (Phi) is 7.01. The summed E-state index contributed by atoms with van der Waals surface area (Å²) in [5.74, 6) is 0.184. The monoisotopic (exact) mass is 341 g/mol. The maximum Gasteiger partial charge on any atom is 0.340 e. The fourth-order valence-corrected chi connectivity index (χ4v) is 2.25. The lowest BCUT2D eigenvalue weighted by Gasteiger charge is -2.10. The van der Waals surface area contributed by atoms with Gasteiger partial charge in [-0.3, -0.25) is 4.79 Å². The van der Waals surface area contributed by atoms with Crippen LogP contribution in [0.5, 0.6) is 5.75 Å². The number of carbonyl (C=O) groups is 2. The second-order valence-electron chi connectivity index (χ2n) is 5.58. The van der Waals surface area contributed by atoms with Gasteiger partial charge in [-0.05, 0) is 44.5 Å². The van der Waals surface area contributed by atoms with E-state index in [0.717, 1.165) is 5.75 Å². The van der Waals surface area contributed by atoms with Gasteiger partial charge in [0.1, 0.15) is 5.75 Å². The second kappa shape index (κ2) is 9.47. The molecule has 0 aliphatic rings. The van der Waals surface area contributed by atoms with Crippen LogP contribution in [-0.2, 0) is 9.53 Å². The van der Waals surface area contributed by atoms with E-state index in [9.17, 15) is 9.59 Å². The minimum Gasteiger partial charge on any atom is -0.494 e. The van der Waals surface area contributed by atoms with Crippen molar-refractivity contribution < 1.29 is 19.1 Å². The van der Waals surface area contributed by atoms with Crippen LogP contribution in [0.1, 0.15) is 35.7 Å². The Bertz CT molecular complexity index is 710. The Morgan fingerprint density at radius 3 is 2.48 bits per heavy atom. The zero-order chi connectivity index (χ0) is 18.1. The average molecular weight is 341 g/mol. The highest BCUT2D eigenvalue weighted by molar-refractivity contribution is 6.01. The lowest BCUT2D eigenvalue weighted by molar-refractivity contribution is -0.116. The fourth-order valence-electron chi connectivity index (χ4n) is 2.25. The number of benzene rings is 2. The van der Waals surface area contributed by atoms with Crippen molar-refractivity contribution in [3.63, 3.8) is 0 Å². The summed E-state index contributed by atoms with van der Waals surface area (Å²) in [7, 11) is 0. The Hall–Kier alpha value is -2.82. The average Bonchev–Trinajstić information content (AvgIpc) is 2.61. The molecule has 2 aromatic carbocycles. The molecular weight excluding hydrogens is 318 g/mol. The molecule has 0 aliphatic heterocycles. The minimum atomic E-state index is -0.443. The third-order valence-electron chi connectivity index (χ3n) is 3.53. The van der Waals surface area contributed by atoms with Crippen LogP contribution in [0.2, 0.25) is 0 Å². The molecule has 1 amide bonds. The number of carbonyl (C=O) groups excluding carboxylic acids is 2. The molecule has 0 saturated heterocycles. The van der Waals surface area contributed by atoms with Crippen LogP contribution in [0, 0.1) is 6.92 Å². The molecule has 0 atom stereocenters. The number of para-hydroxylation sites is 1. The molecule has 0 aromatic heterocycles. The maximum absolute atomic E-state index is 12.1. The predicted molar refractivity (Wildman–Crippen MR) is 96.9 cm³/mol. The molecule has 5 nitrogen and oxygen atoms in total. The molecule has 5 heteroatoms. The minimum absolute atomic E-state index is 0.163. The van der Waals surface area contributed by atoms with E-state index in [0.29, 0.717) is 30.7 Å². The molecule has 0 radical (unpaired) electrons. The predicted octanol–water partition coefficient (Wildman–Crippen LogP) is 3.97. The zero-order valence-electron chi connectivity index (χ0n) is 14.6. The molecule has 0 spiro atoms. The maximum atomic E-state index is 12.1. The zero-order valence-corrected chi connectivity index (χ0v) is 14.6. The van der Waals surface area contributed by atoms with E-state index < -0.39 is 5.97 Å². The lowest BCUT2D eigenvalue weighted by atomic mass is 10.1. The number of esters is 1.